The second-order valence-electron chi connectivity index (χ2n) is 8.62. The molecule has 0 unspecified atom stereocenters. The van der Waals surface area contributed by atoms with Gasteiger partial charge in [-0.15, -0.1) is 10.2 Å². The molecule has 7 nitrogen and oxygen atoms in total. The summed E-state index contributed by atoms with van der Waals surface area (Å²) in [6.07, 6.45) is 0. The molecule has 1 aromatic heterocycles. The maximum atomic E-state index is 13.5. The third-order valence-corrected chi connectivity index (χ3v) is 7.78. The van der Waals surface area contributed by atoms with Gasteiger partial charge in [0.15, 0.2) is 5.16 Å². The van der Waals surface area contributed by atoms with Gasteiger partial charge in [-0.05, 0) is 87.2 Å². The van der Waals surface area contributed by atoms with Crippen LogP contribution in [0.5, 0.6) is 5.75 Å². The molecule has 10 heteroatoms. The van der Waals surface area contributed by atoms with E-state index in [-0.39, 0.29) is 17.3 Å². The summed E-state index contributed by atoms with van der Waals surface area (Å²) in [5, 5.41) is 22.2. The fourth-order valence-electron chi connectivity index (χ4n) is 4.10. The molecule has 38 heavy (non-hydrogen) atoms. The molecular formula is C28H22BrFN4O3S. The van der Waals surface area contributed by atoms with Crippen LogP contribution >= 0.6 is 27.7 Å². The molecule has 0 aliphatic heterocycles. The zero-order chi connectivity index (χ0) is 26.6. The van der Waals surface area contributed by atoms with Crippen LogP contribution < -0.4 is 4.74 Å². The van der Waals surface area contributed by atoms with Gasteiger partial charge < -0.3 is 4.74 Å². The molecule has 0 saturated heterocycles. The van der Waals surface area contributed by atoms with Gasteiger partial charge in [0, 0.05) is 10.6 Å². The zero-order valence-electron chi connectivity index (χ0n) is 20.3. The first-order valence-corrected chi connectivity index (χ1v) is 13.4. The molecule has 5 aromatic rings. The van der Waals surface area contributed by atoms with Gasteiger partial charge in [0.2, 0.25) is 6.54 Å². The van der Waals surface area contributed by atoms with Crippen molar-refractivity contribution in [2.45, 2.75) is 23.9 Å². The van der Waals surface area contributed by atoms with Crippen molar-refractivity contribution < 1.29 is 14.1 Å². The number of thioether (sulfide) groups is 1. The van der Waals surface area contributed by atoms with Crippen LogP contribution in [0.15, 0.2) is 94.6 Å². The van der Waals surface area contributed by atoms with Gasteiger partial charge in [-0.1, -0.05) is 54.2 Å². The van der Waals surface area contributed by atoms with Crippen molar-refractivity contribution in [2.75, 3.05) is 6.54 Å². The lowest BCUT2D eigenvalue weighted by Crippen LogP contribution is -2.11. The SMILES string of the molecule is Cc1nnc(S[C@H](C[N+](=O)[O-])c2ccc(OCc3ccc4ccccc4c3)c(Br)c2)n1-c1ccc(F)cc1. The normalized spacial score (nSPS) is 12.0. The first-order valence-electron chi connectivity index (χ1n) is 11.7. The first kappa shape index (κ1) is 25.9. The number of hydrogen-bond acceptors (Lipinski definition) is 6. The van der Waals surface area contributed by atoms with Crippen molar-refractivity contribution in [3.8, 4) is 11.4 Å². The monoisotopic (exact) mass is 592 g/mol. The Bertz CT molecular complexity index is 1610. The Morgan fingerprint density at radius 1 is 1.03 bits per heavy atom. The van der Waals surface area contributed by atoms with Crippen LogP contribution in [-0.2, 0) is 6.61 Å². The van der Waals surface area contributed by atoms with Crippen molar-refractivity contribution in [3.63, 3.8) is 0 Å². The van der Waals surface area contributed by atoms with Crippen LogP contribution in [0.4, 0.5) is 4.39 Å². The van der Waals surface area contributed by atoms with E-state index in [1.54, 1.807) is 23.6 Å². The maximum absolute atomic E-state index is 13.5. The summed E-state index contributed by atoms with van der Waals surface area (Å²) in [5.74, 6) is 0.877. The van der Waals surface area contributed by atoms with Crippen LogP contribution in [0.25, 0.3) is 16.5 Å². The van der Waals surface area contributed by atoms with Gasteiger partial charge in [0.25, 0.3) is 0 Å². The average molecular weight is 593 g/mol. The lowest BCUT2D eigenvalue weighted by Gasteiger charge is -2.16. The Morgan fingerprint density at radius 3 is 2.53 bits per heavy atom. The minimum Gasteiger partial charge on any atom is -0.488 e. The number of nitro groups is 1. The van der Waals surface area contributed by atoms with E-state index in [1.807, 2.05) is 36.4 Å². The van der Waals surface area contributed by atoms with Crippen molar-refractivity contribution in [1.82, 2.24) is 14.8 Å². The lowest BCUT2D eigenvalue weighted by molar-refractivity contribution is -0.479. The molecule has 0 bridgehead atoms. The molecule has 4 aromatic carbocycles. The van der Waals surface area contributed by atoms with Crippen molar-refractivity contribution in [2.24, 2.45) is 0 Å². The number of aromatic nitrogens is 3. The Morgan fingerprint density at radius 2 is 1.79 bits per heavy atom. The number of ether oxygens (including phenoxy) is 1. The van der Waals surface area contributed by atoms with Crippen molar-refractivity contribution in [3.05, 3.63) is 122 Å². The summed E-state index contributed by atoms with van der Waals surface area (Å²) in [7, 11) is 0. The highest BCUT2D eigenvalue weighted by Gasteiger charge is 2.24. The topological polar surface area (TPSA) is 83.1 Å². The summed E-state index contributed by atoms with van der Waals surface area (Å²) >= 11 is 4.80. The van der Waals surface area contributed by atoms with E-state index in [1.165, 1.54) is 29.3 Å². The Kier molecular flexibility index (Phi) is 7.71. The molecule has 0 radical (unpaired) electrons. The molecule has 5 rings (SSSR count). The summed E-state index contributed by atoms with van der Waals surface area (Å²) in [5.41, 5.74) is 2.45. The molecule has 0 aliphatic carbocycles. The molecule has 0 fully saturated rings. The van der Waals surface area contributed by atoms with Crippen LogP contribution in [0.3, 0.4) is 0 Å². The van der Waals surface area contributed by atoms with Gasteiger partial charge >= 0.3 is 0 Å². The predicted octanol–water partition coefficient (Wildman–Crippen LogP) is 7.32. The summed E-state index contributed by atoms with van der Waals surface area (Å²) in [4.78, 5) is 11.2. The Balaban J connectivity index is 1.36. The minimum absolute atomic E-state index is 0.316. The van der Waals surface area contributed by atoms with E-state index in [0.29, 0.717) is 33.5 Å². The Hall–Kier alpha value is -3.76. The molecule has 192 valence electrons. The van der Waals surface area contributed by atoms with Crippen LogP contribution in [0, 0.1) is 22.9 Å². The van der Waals surface area contributed by atoms with Gasteiger partial charge in [0.1, 0.15) is 29.2 Å². The van der Waals surface area contributed by atoms with Gasteiger partial charge in [0.05, 0.1) is 4.47 Å². The highest BCUT2D eigenvalue weighted by molar-refractivity contribution is 9.10. The lowest BCUT2D eigenvalue weighted by atomic mass is 10.1. The number of aryl methyl sites for hydroxylation is 1. The highest BCUT2D eigenvalue weighted by atomic mass is 79.9. The van der Waals surface area contributed by atoms with E-state index >= 15 is 0 Å². The molecular weight excluding hydrogens is 571 g/mol. The maximum Gasteiger partial charge on any atom is 0.220 e. The third-order valence-electron chi connectivity index (χ3n) is 5.98. The molecule has 0 amide bonds. The standard InChI is InChI=1S/C28H22BrFN4O3S/c1-18-31-32-28(34(18)24-11-9-23(30)10-12-24)38-27(16-33(35)36)22-8-13-26(25(29)15-22)37-17-19-6-7-20-4-2-3-5-21(20)14-19/h2-15,27H,16-17H2,1H3/t27-/m1/s1. The number of hydrogen-bond donors (Lipinski definition) is 0. The largest absolute Gasteiger partial charge is 0.488 e. The molecule has 0 aliphatic rings. The highest BCUT2D eigenvalue weighted by Crippen LogP contribution is 2.39. The molecule has 1 heterocycles. The number of fused-ring (bicyclic) bond motifs is 1. The van der Waals surface area contributed by atoms with Crippen LogP contribution in [0.2, 0.25) is 0 Å². The number of nitrogens with zero attached hydrogens (tertiary/aromatic N) is 4. The fraction of sp³-hybridized carbons (Fsp3) is 0.143. The number of benzene rings is 4. The van der Waals surface area contributed by atoms with E-state index in [0.717, 1.165) is 16.5 Å². The van der Waals surface area contributed by atoms with Gasteiger partial charge in [-0.2, -0.15) is 0 Å². The zero-order valence-corrected chi connectivity index (χ0v) is 22.7. The summed E-state index contributed by atoms with van der Waals surface area (Å²) in [6.45, 7) is 1.85. The smallest absolute Gasteiger partial charge is 0.220 e. The minimum atomic E-state index is -0.543. The Labute approximate surface area is 230 Å². The molecule has 0 saturated carbocycles. The van der Waals surface area contributed by atoms with Crippen LogP contribution in [-0.4, -0.2) is 26.2 Å². The fourth-order valence-corrected chi connectivity index (χ4v) is 5.78. The summed E-state index contributed by atoms with van der Waals surface area (Å²) in [6, 6.07) is 25.8. The van der Waals surface area contributed by atoms with Crippen molar-refractivity contribution >= 4 is 38.5 Å². The average Bonchev–Trinajstić information content (AvgIpc) is 3.27. The number of halogens is 2. The van der Waals surface area contributed by atoms with E-state index in [9.17, 15) is 14.5 Å². The van der Waals surface area contributed by atoms with Crippen LogP contribution in [0.1, 0.15) is 22.2 Å². The predicted molar refractivity (Wildman–Crippen MR) is 149 cm³/mol. The quantitative estimate of drug-likeness (QED) is 0.101. The molecule has 0 spiro atoms. The van der Waals surface area contributed by atoms with E-state index in [2.05, 4.69) is 50.4 Å². The van der Waals surface area contributed by atoms with E-state index in [4.69, 9.17) is 4.74 Å². The summed E-state index contributed by atoms with van der Waals surface area (Å²) < 4.78 is 22.0. The third kappa shape index (κ3) is 5.87. The number of rotatable bonds is 9. The van der Waals surface area contributed by atoms with E-state index < -0.39 is 5.25 Å². The van der Waals surface area contributed by atoms with Gasteiger partial charge in [-0.3, -0.25) is 14.7 Å². The molecule has 0 N–H and O–H groups in total. The molecule has 1 atom stereocenters. The van der Waals surface area contributed by atoms with Crippen molar-refractivity contribution in [1.29, 1.82) is 0 Å². The second-order valence-corrected chi connectivity index (χ2v) is 10.6. The second kappa shape index (κ2) is 11.3. The van der Waals surface area contributed by atoms with Gasteiger partial charge in [-0.25, -0.2) is 4.39 Å². The first-order chi connectivity index (χ1) is 18.4.